The van der Waals surface area contributed by atoms with Crippen molar-refractivity contribution in [3.05, 3.63) is 59.2 Å². The molecule has 4 nitrogen and oxygen atoms in total. The predicted octanol–water partition coefficient (Wildman–Crippen LogP) is 3.73. The molecule has 2 aromatic rings. The van der Waals surface area contributed by atoms with Gasteiger partial charge in [0.25, 0.3) is 5.91 Å². The van der Waals surface area contributed by atoms with Gasteiger partial charge in [0.2, 0.25) is 0 Å². The molecule has 0 unspecified atom stereocenters. The SMILES string of the molecule is COc1ccccc1C(=O)NC[C@H]1Cc2cc(C(C)(C)C)ccc2O1. The molecule has 0 aliphatic carbocycles. The summed E-state index contributed by atoms with van der Waals surface area (Å²) in [5.41, 5.74) is 3.17. The van der Waals surface area contributed by atoms with Crippen molar-refractivity contribution < 1.29 is 14.3 Å². The highest BCUT2D eigenvalue weighted by Crippen LogP contribution is 2.33. The first-order valence-electron chi connectivity index (χ1n) is 8.60. The third kappa shape index (κ3) is 3.78. The highest BCUT2D eigenvalue weighted by Gasteiger charge is 2.25. The van der Waals surface area contributed by atoms with Gasteiger partial charge in [0.1, 0.15) is 17.6 Å². The van der Waals surface area contributed by atoms with Crippen molar-refractivity contribution in [1.82, 2.24) is 5.32 Å². The van der Waals surface area contributed by atoms with Gasteiger partial charge in [0.15, 0.2) is 0 Å². The van der Waals surface area contributed by atoms with E-state index in [2.05, 4.69) is 38.2 Å². The second-order valence-electron chi connectivity index (χ2n) is 7.43. The number of benzene rings is 2. The summed E-state index contributed by atoms with van der Waals surface area (Å²) in [5, 5.41) is 2.95. The summed E-state index contributed by atoms with van der Waals surface area (Å²) in [4.78, 5) is 12.4. The minimum absolute atomic E-state index is 0.0381. The summed E-state index contributed by atoms with van der Waals surface area (Å²) in [6.07, 6.45) is 0.773. The van der Waals surface area contributed by atoms with Crippen LogP contribution in [-0.2, 0) is 11.8 Å². The van der Waals surface area contributed by atoms with Crippen molar-refractivity contribution in [2.45, 2.75) is 38.7 Å². The van der Waals surface area contributed by atoms with Crippen molar-refractivity contribution in [1.29, 1.82) is 0 Å². The average Bonchev–Trinajstić information content (AvgIpc) is 3.01. The van der Waals surface area contributed by atoms with E-state index >= 15 is 0 Å². The molecular formula is C21H25NO3. The number of hydrogen-bond acceptors (Lipinski definition) is 3. The number of methoxy groups -OCH3 is 1. The largest absolute Gasteiger partial charge is 0.496 e. The van der Waals surface area contributed by atoms with Gasteiger partial charge >= 0.3 is 0 Å². The molecule has 1 heterocycles. The van der Waals surface area contributed by atoms with Gasteiger partial charge in [-0.1, -0.05) is 45.0 Å². The van der Waals surface area contributed by atoms with Crippen LogP contribution in [0.3, 0.4) is 0 Å². The maximum absolute atomic E-state index is 12.4. The second-order valence-corrected chi connectivity index (χ2v) is 7.43. The number of nitrogens with one attached hydrogen (secondary N) is 1. The van der Waals surface area contributed by atoms with Crippen LogP contribution in [0.2, 0.25) is 0 Å². The third-order valence-corrected chi connectivity index (χ3v) is 4.51. The lowest BCUT2D eigenvalue weighted by Crippen LogP contribution is -2.34. The Hall–Kier alpha value is -2.49. The van der Waals surface area contributed by atoms with Gasteiger partial charge in [0, 0.05) is 6.42 Å². The van der Waals surface area contributed by atoms with Crippen LogP contribution < -0.4 is 14.8 Å². The van der Waals surface area contributed by atoms with Gasteiger partial charge in [0.05, 0.1) is 19.2 Å². The Morgan fingerprint density at radius 1 is 1.24 bits per heavy atom. The first kappa shape index (κ1) is 17.3. The van der Waals surface area contributed by atoms with Crippen molar-refractivity contribution in [3.8, 4) is 11.5 Å². The quantitative estimate of drug-likeness (QED) is 0.923. The molecule has 0 radical (unpaired) electrons. The van der Waals surface area contributed by atoms with Crippen LogP contribution in [0, 0.1) is 0 Å². The van der Waals surface area contributed by atoms with Gasteiger partial charge in [-0.3, -0.25) is 4.79 Å². The Labute approximate surface area is 149 Å². The van der Waals surface area contributed by atoms with Crippen LogP contribution in [0.15, 0.2) is 42.5 Å². The van der Waals surface area contributed by atoms with E-state index in [9.17, 15) is 4.79 Å². The Balaban J connectivity index is 1.63. The number of rotatable bonds is 4. The minimum atomic E-state index is -0.146. The normalized spacial score (nSPS) is 16.1. The lowest BCUT2D eigenvalue weighted by Gasteiger charge is -2.19. The summed E-state index contributed by atoms with van der Waals surface area (Å²) in [5.74, 6) is 1.35. The number of carbonyl (C=O) groups is 1. The predicted molar refractivity (Wildman–Crippen MR) is 98.6 cm³/mol. The first-order chi connectivity index (χ1) is 11.9. The van der Waals surface area contributed by atoms with E-state index in [1.54, 1.807) is 19.2 Å². The Bertz CT molecular complexity index is 777. The molecule has 1 amide bonds. The Kier molecular flexibility index (Phi) is 4.71. The summed E-state index contributed by atoms with van der Waals surface area (Å²) >= 11 is 0. The lowest BCUT2D eigenvalue weighted by atomic mass is 9.86. The number of fused-ring (bicyclic) bond motifs is 1. The lowest BCUT2D eigenvalue weighted by molar-refractivity contribution is 0.0930. The monoisotopic (exact) mass is 339 g/mol. The summed E-state index contributed by atoms with van der Waals surface area (Å²) in [6.45, 7) is 7.08. The molecule has 1 N–H and O–H groups in total. The van der Waals surface area contributed by atoms with Crippen LogP contribution in [-0.4, -0.2) is 25.7 Å². The highest BCUT2D eigenvalue weighted by molar-refractivity contribution is 5.96. The van der Waals surface area contributed by atoms with E-state index in [4.69, 9.17) is 9.47 Å². The molecular weight excluding hydrogens is 314 g/mol. The van der Waals surface area contributed by atoms with Crippen LogP contribution in [0.5, 0.6) is 11.5 Å². The van der Waals surface area contributed by atoms with E-state index in [1.165, 1.54) is 11.1 Å². The minimum Gasteiger partial charge on any atom is -0.496 e. The molecule has 0 saturated heterocycles. The standard InChI is InChI=1S/C21H25NO3/c1-21(2,3)15-9-10-18-14(11-15)12-16(25-18)13-22-20(23)17-7-5-6-8-19(17)24-4/h5-11,16H,12-13H2,1-4H3,(H,22,23)/t16-/m1/s1. The molecule has 3 rings (SSSR count). The first-order valence-corrected chi connectivity index (χ1v) is 8.60. The number of amides is 1. The Morgan fingerprint density at radius 3 is 2.72 bits per heavy atom. The smallest absolute Gasteiger partial charge is 0.255 e. The van der Waals surface area contributed by atoms with Crippen LogP contribution >= 0.6 is 0 Å². The fourth-order valence-corrected chi connectivity index (χ4v) is 3.03. The van der Waals surface area contributed by atoms with Crippen molar-refractivity contribution in [2.24, 2.45) is 0 Å². The van der Waals surface area contributed by atoms with Crippen LogP contribution in [0.25, 0.3) is 0 Å². The molecule has 4 heteroatoms. The van der Waals surface area contributed by atoms with Gasteiger partial charge < -0.3 is 14.8 Å². The molecule has 132 valence electrons. The number of carbonyl (C=O) groups excluding carboxylic acids is 1. The number of para-hydroxylation sites is 1. The van der Waals surface area contributed by atoms with E-state index in [-0.39, 0.29) is 17.4 Å². The zero-order valence-corrected chi connectivity index (χ0v) is 15.3. The highest BCUT2D eigenvalue weighted by atomic mass is 16.5. The zero-order valence-electron chi connectivity index (χ0n) is 15.3. The van der Waals surface area contributed by atoms with E-state index < -0.39 is 0 Å². The molecule has 0 fully saturated rings. The molecule has 0 bridgehead atoms. The zero-order chi connectivity index (χ0) is 18.0. The molecule has 1 aliphatic heterocycles. The van der Waals surface area contributed by atoms with Crippen LogP contribution in [0.1, 0.15) is 42.3 Å². The van der Waals surface area contributed by atoms with Crippen molar-refractivity contribution in [3.63, 3.8) is 0 Å². The van der Waals surface area contributed by atoms with E-state index in [1.807, 2.05) is 18.2 Å². The fourth-order valence-electron chi connectivity index (χ4n) is 3.03. The molecule has 1 atom stereocenters. The maximum atomic E-state index is 12.4. The summed E-state index contributed by atoms with van der Waals surface area (Å²) in [7, 11) is 1.57. The summed E-state index contributed by atoms with van der Waals surface area (Å²) < 4.78 is 11.2. The van der Waals surface area contributed by atoms with E-state index in [0.717, 1.165) is 12.2 Å². The van der Waals surface area contributed by atoms with Gasteiger partial charge in [-0.2, -0.15) is 0 Å². The maximum Gasteiger partial charge on any atom is 0.255 e. The number of hydrogen-bond donors (Lipinski definition) is 1. The van der Waals surface area contributed by atoms with Gasteiger partial charge in [-0.15, -0.1) is 0 Å². The molecule has 0 saturated carbocycles. The van der Waals surface area contributed by atoms with Crippen molar-refractivity contribution >= 4 is 5.91 Å². The third-order valence-electron chi connectivity index (χ3n) is 4.51. The fraction of sp³-hybridized carbons (Fsp3) is 0.381. The van der Waals surface area contributed by atoms with Gasteiger partial charge in [-0.05, 0) is 34.7 Å². The topological polar surface area (TPSA) is 47.6 Å². The molecule has 0 aromatic heterocycles. The van der Waals surface area contributed by atoms with Gasteiger partial charge in [-0.25, -0.2) is 0 Å². The van der Waals surface area contributed by atoms with Crippen LogP contribution in [0.4, 0.5) is 0 Å². The molecule has 0 spiro atoms. The molecule has 1 aliphatic rings. The average molecular weight is 339 g/mol. The second kappa shape index (κ2) is 6.79. The molecule has 25 heavy (non-hydrogen) atoms. The summed E-state index contributed by atoms with van der Waals surface area (Å²) in [6, 6.07) is 13.6. The molecule has 2 aromatic carbocycles. The van der Waals surface area contributed by atoms with Crippen molar-refractivity contribution in [2.75, 3.05) is 13.7 Å². The van der Waals surface area contributed by atoms with E-state index in [0.29, 0.717) is 17.9 Å². The Morgan fingerprint density at radius 2 is 2.00 bits per heavy atom. The number of ether oxygens (including phenoxy) is 2.